The Hall–Kier alpha value is -3.34. The Morgan fingerprint density at radius 1 is 1.04 bits per heavy atom. The van der Waals surface area contributed by atoms with Crippen molar-refractivity contribution in [1.29, 1.82) is 0 Å². The quantitative estimate of drug-likeness (QED) is 0.597. The molecular formula is C14H13N7O3S. The number of anilines is 1. The SMILES string of the molecule is Cc1[nH][nH]c(=O)c1N=Nc1ccc(S(=O)(=O)Nc2ncccn2)cc1. The summed E-state index contributed by atoms with van der Waals surface area (Å²) in [6.07, 6.45) is 2.86. The minimum Gasteiger partial charge on any atom is -0.300 e. The van der Waals surface area contributed by atoms with E-state index in [1.807, 2.05) is 0 Å². The third-order valence-electron chi connectivity index (χ3n) is 3.14. The van der Waals surface area contributed by atoms with E-state index < -0.39 is 10.0 Å². The van der Waals surface area contributed by atoms with Gasteiger partial charge in [-0.2, -0.15) is 5.11 Å². The first-order chi connectivity index (χ1) is 12.0. The van der Waals surface area contributed by atoms with Gasteiger partial charge in [-0.3, -0.25) is 9.89 Å². The minimum atomic E-state index is -3.81. The monoisotopic (exact) mass is 359 g/mol. The Balaban J connectivity index is 1.79. The van der Waals surface area contributed by atoms with E-state index in [1.165, 1.54) is 36.7 Å². The van der Waals surface area contributed by atoms with E-state index in [0.717, 1.165) is 0 Å². The number of benzene rings is 1. The summed E-state index contributed by atoms with van der Waals surface area (Å²) < 4.78 is 26.8. The first kappa shape index (κ1) is 16.5. The fourth-order valence-corrected chi connectivity index (χ4v) is 2.85. The van der Waals surface area contributed by atoms with Crippen LogP contribution >= 0.6 is 0 Å². The van der Waals surface area contributed by atoms with Crippen LogP contribution in [0, 0.1) is 6.92 Å². The van der Waals surface area contributed by atoms with Crippen molar-refractivity contribution in [3.8, 4) is 0 Å². The standard InChI is InChI=1S/C14H13N7O3S/c1-9-12(13(22)20-17-9)19-18-10-3-5-11(6-4-10)25(23,24)21-14-15-7-2-8-16-14/h2-8H,1H3,(H,15,16,21)(H2,17,20,22). The summed E-state index contributed by atoms with van der Waals surface area (Å²) in [5, 5.41) is 12.8. The maximum Gasteiger partial charge on any atom is 0.291 e. The number of hydrogen-bond acceptors (Lipinski definition) is 7. The highest BCUT2D eigenvalue weighted by Crippen LogP contribution is 2.20. The average molecular weight is 359 g/mol. The number of aromatic nitrogens is 4. The molecule has 0 saturated heterocycles. The van der Waals surface area contributed by atoms with Gasteiger partial charge in [-0.25, -0.2) is 23.1 Å². The maximum absolute atomic E-state index is 12.3. The molecule has 0 aliphatic carbocycles. The van der Waals surface area contributed by atoms with Crippen molar-refractivity contribution in [3.05, 3.63) is 58.8 Å². The molecule has 128 valence electrons. The van der Waals surface area contributed by atoms with Gasteiger partial charge in [-0.15, -0.1) is 5.11 Å². The molecule has 3 aromatic rings. The fourth-order valence-electron chi connectivity index (χ4n) is 1.89. The molecule has 2 heterocycles. The first-order valence-electron chi connectivity index (χ1n) is 7.04. The van der Waals surface area contributed by atoms with Gasteiger partial charge in [-0.1, -0.05) is 0 Å². The molecule has 0 aliphatic rings. The van der Waals surface area contributed by atoms with Gasteiger partial charge in [-0.05, 0) is 37.3 Å². The molecule has 25 heavy (non-hydrogen) atoms. The van der Waals surface area contributed by atoms with Gasteiger partial charge < -0.3 is 5.10 Å². The lowest BCUT2D eigenvalue weighted by molar-refractivity contribution is 0.601. The Morgan fingerprint density at radius 2 is 1.72 bits per heavy atom. The van der Waals surface area contributed by atoms with Crippen molar-refractivity contribution in [2.75, 3.05) is 4.72 Å². The zero-order valence-electron chi connectivity index (χ0n) is 13.0. The zero-order valence-corrected chi connectivity index (χ0v) is 13.8. The minimum absolute atomic E-state index is 0.0200. The summed E-state index contributed by atoms with van der Waals surface area (Å²) in [4.78, 5) is 19.1. The van der Waals surface area contributed by atoms with Gasteiger partial charge in [0.05, 0.1) is 16.3 Å². The van der Waals surface area contributed by atoms with Gasteiger partial charge >= 0.3 is 0 Å². The van der Waals surface area contributed by atoms with E-state index in [2.05, 4.69) is 35.1 Å². The van der Waals surface area contributed by atoms with E-state index in [0.29, 0.717) is 11.4 Å². The molecule has 0 fully saturated rings. The van der Waals surface area contributed by atoms with Crippen molar-refractivity contribution in [3.63, 3.8) is 0 Å². The molecule has 0 unspecified atom stereocenters. The number of aromatic amines is 2. The van der Waals surface area contributed by atoms with Crippen LogP contribution in [0.25, 0.3) is 0 Å². The van der Waals surface area contributed by atoms with E-state index in [9.17, 15) is 13.2 Å². The van der Waals surface area contributed by atoms with Crippen LogP contribution in [0.5, 0.6) is 0 Å². The van der Waals surface area contributed by atoms with Crippen LogP contribution in [0.15, 0.2) is 62.6 Å². The maximum atomic E-state index is 12.3. The molecule has 11 heteroatoms. The number of rotatable bonds is 5. The second kappa shape index (κ2) is 6.65. The molecule has 0 radical (unpaired) electrons. The van der Waals surface area contributed by atoms with Crippen molar-refractivity contribution >= 4 is 27.3 Å². The fraction of sp³-hybridized carbons (Fsp3) is 0.0714. The number of sulfonamides is 1. The Kier molecular flexibility index (Phi) is 4.39. The lowest BCUT2D eigenvalue weighted by Crippen LogP contribution is -2.14. The molecule has 0 spiro atoms. The molecule has 1 aromatic carbocycles. The van der Waals surface area contributed by atoms with E-state index in [-0.39, 0.29) is 22.1 Å². The van der Waals surface area contributed by atoms with Crippen LogP contribution in [0.3, 0.4) is 0 Å². The molecule has 0 bridgehead atoms. The third kappa shape index (κ3) is 3.77. The lowest BCUT2D eigenvalue weighted by Gasteiger charge is -2.05. The normalized spacial score (nSPS) is 11.7. The van der Waals surface area contributed by atoms with Crippen molar-refractivity contribution in [2.45, 2.75) is 11.8 Å². The van der Waals surface area contributed by atoms with Crippen LogP contribution in [-0.2, 0) is 10.0 Å². The average Bonchev–Trinajstić information content (AvgIpc) is 2.92. The second-order valence-electron chi connectivity index (χ2n) is 4.92. The number of azo groups is 1. The highest BCUT2D eigenvalue weighted by atomic mass is 32.2. The largest absolute Gasteiger partial charge is 0.300 e. The molecule has 0 saturated carbocycles. The summed E-state index contributed by atoms with van der Waals surface area (Å²) in [5.74, 6) is -0.0200. The highest BCUT2D eigenvalue weighted by Gasteiger charge is 2.15. The summed E-state index contributed by atoms with van der Waals surface area (Å²) in [5.41, 5.74) is 0.738. The number of aryl methyl sites for hydroxylation is 1. The Bertz CT molecular complexity index is 1050. The number of H-pyrrole nitrogens is 2. The Labute approximate surface area is 142 Å². The van der Waals surface area contributed by atoms with Gasteiger partial charge in [0.2, 0.25) is 5.95 Å². The van der Waals surface area contributed by atoms with Gasteiger partial charge in [0.1, 0.15) is 0 Å². The molecular weight excluding hydrogens is 346 g/mol. The molecule has 0 atom stereocenters. The lowest BCUT2D eigenvalue weighted by atomic mass is 10.3. The predicted octanol–water partition coefficient (Wildman–Crippen LogP) is 2.02. The van der Waals surface area contributed by atoms with Crippen molar-refractivity contribution < 1.29 is 8.42 Å². The topological polar surface area (TPSA) is 145 Å². The van der Waals surface area contributed by atoms with Gasteiger partial charge in [0.25, 0.3) is 15.6 Å². The van der Waals surface area contributed by atoms with Crippen LogP contribution < -0.4 is 10.3 Å². The Morgan fingerprint density at radius 3 is 2.32 bits per heavy atom. The molecule has 10 nitrogen and oxygen atoms in total. The molecule has 0 aliphatic heterocycles. The number of hydrogen-bond donors (Lipinski definition) is 3. The van der Waals surface area contributed by atoms with Crippen LogP contribution in [0.4, 0.5) is 17.3 Å². The van der Waals surface area contributed by atoms with E-state index >= 15 is 0 Å². The second-order valence-corrected chi connectivity index (χ2v) is 6.61. The number of nitrogens with zero attached hydrogens (tertiary/aromatic N) is 4. The predicted molar refractivity (Wildman–Crippen MR) is 89.6 cm³/mol. The molecule has 2 aromatic heterocycles. The first-order valence-corrected chi connectivity index (χ1v) is 8.53. The molecule has 0 amide bonds. The smallest absolute Gasteiger partial charge is 0.291 e. The summed E-state index contributed by atoms with van der Waals surface area (Å²) >= 11 is 0. The van der Waals surface area contributed by atoms with Crippen molar-refractivity contribution in [2.24, 2.45) is 10.2 Å². The summed E-state index contributed by atoms with van der Waals surface area (Å²) in [6, 6.07) is 7.26. The zero-order chi connectivity index (χ0) is 17.9. The van der Waals surface area contributed by atoms with Crippen LogP contribution in [0.2, 0.25) is 0 Å². The third-order valence-corrected chi connectivity index (χ3v) is 4.48. The molecule has 3 N–H and O–H groups in total. The van der Waals surface area contributed by atoms with Gasteiger partial charge in [0.15, 0.2) is 5.69 Å². The summed E-state index contributed by atoms with van der Waals surface area (Å²) in [7, 11) is -3.81. The van der Waals surface area contributed by atoms with Crippen molar-refractivity contribution in [1.82, 2.24) is 20.2 Å². The molecule has 3 rings (SSSR count). The van der Waals surface area contributed by atoms with Crippen LogP contribution in [-0.4, -0.2) is 28.6 Å². The summed E-state index contributed by atoms with van der Waals surface area (Å²) in [6.45, 7) is 1.68. The van der Waals surface area contributed by atoms with E-state index in [4.69, 9.17) is 0 Å². The number of nitrogens with one attached hydrogen (secondary N) is 3. The van der Waals surface area contributed by atoms with E-state index in [1.54, 1.807) is 13.0 Å². The highest BCUT2D eigenvalue weighted by molar-refractivity contribution is 7.92. The van der Waals surface area contributed by atoms with Gasteiger partial charge in [0, 0.05) is 12.4 Å². The van der Waals surface area contributed by atoms with Crippen LogP contribution in [0.1, 0.15) is 5.69 Å².